The maximum absolute atomic E-state index is 4.75. The minimum Gasteiger partial charge on any atom is -0.310 e. The highest BCUT2D eigenvalue weighted by atomic mass is 15.2. The second-order valence-electron chi connectivity index (χ2n) is 10.6. The summed E-state index contributed by atoms with van der Waals surface area (Å²) >= 11 is 0. The lowest BCUT2D eigenvalue weighted by Gasteiger charge is -2.42. The molecule has 4 heterocycles. The van der Waals surface area contributed by atoms with Crippen molar-refractivity contribution in [1.29, 1.82) is 0 Å². The van der Waals surface area contributed by atoms with Gasteiger partial charge in [-0.2, -0.15) is 0 Å². The molecule has 0 amide bonds. The van der Waals surface area contributed by atoms with Crippen LogP contribution in [-0.2, 0) is 5.41 Å². The van der Waals surface area contributed by atoms with Gasteiger partial charge in [0.2, 0.25) is 0 Å². The van der Waals surface area contributed by atoms with Crippen molar-refractivity contribution in [3.05, 3.63) is 120 Å². The van der Waals surface area contributed by atoms with E-state index in [1.54, 1.807) is 0 Å². The van der Waals surface area contributed by atoms with Crippen LogP contribution in [0.2, 0.25) is 0 Å². The number of nitrogens with zero attached hydrogens (tertiary/aromatic N) is 4. The number of rotatable bonds is 2. The largest absolute Gasteiger partial charge is 0.310 e. The first-order chi connectivity index (χ1) is 17.9. The third-order valence-electron chi connectivity index (χ3n) is 7.80. The van der Waals surface area contributed by atoms with E-state index in [1.165, 1.54) is 33.6 Å². The van der Waals surface area contributed by atoms with Crippen LogP contribution in [0.25, 0.3) is 27.6 Å². The lowest BCUT2D eigenvalue weighted by Crippen LogP contribution is -2.30. The predicted octanol–water partition coefficient (Wildman–Crippen LogP) is 8.30. The molecule has 0 saturated heterocycles. The van der Waals surface area contributed by atoms with Crippen molar-refractivity contribution in [2.75, 3.05) is 4.90 Å². The Morgan fingerprint density at radius 1 is 0.676 bits per heavy atom. The molecule has 0 fully saturated rings. The second-order valence-corrected chi connectivity index (χ2v) is 10.6. The lowest BCUT2D eigenvalue weighted by molar-refractivity contribution is 0.630. The van der Waals surface area contributed by atoms with Gasteiger partial charge in [-0.3, -0.25) is 9.97 Å². The van der Waals surface area contributed by atoms with Crippen LogP contribution in [0.3, 0.4) is 0 Å². The van der Waals surface area contributed by atoms with Crippen LogP contribution in [0.1, 0.15) is 36.1 Å². The molecule has 37 heavy (non-hydrogen) atoms. The Labute approximate surface area is 216 Å². The van der Waals surface area contributed by atoms with Gasteiger partial charge in [0.25, 0.3) is 0 Å². The first kappa shape index (κ1) is 21.8. The molecule has 0 unspecified atom stereocenters. The molecule has 3 aromatic heterocycles. The fraction of sp³-hybridized carbons (Fsp3) is 0.152. The summed E-state index contributed by atoms with van der Waals surface area (Å²) in [5.74, 6) is 0. The summed E-state index contributed by atoms with van der Waals surface area (Å²) in [6, 6.07) is 28.7. The Morgan fingerprint density at radius 2 is 1.38 bits per heavy atom. The van der Waals surface area contributed by atoms with Gasteiger partial charge < -0.3 is 9.47 Å². The molecule has 180 valence electrons. The highest BCUT2D eigenvalue weighted by Gasteiger charge is 2.37. The summed E-state index contributed by atoms with van der Waals surface area (Å²) in [5, 5.41) is 1.13. The smallest absolute Gasteiger partial charge is 0.0963 e. The van der Waals surface area contributed by atoms with Gasteiger partial charge in [0.05, 0.1) is 39.8 Å². The van der Waals surface area contributed by atoms with Gasteiger partial charge in [-0.1, -0.05) is 49.2 Å². The molecule has 6 aromatic rings. The molecular weight excluding hydrogens is 452 g/mol. The van der Waals surface area contributed by atoms with Crippen molar-refractivity contribution >= 4 is 39.0 Å². The monoisotopic (exact) mass is 480 g/mol. The fourth-order valence-electron chi connectivity index (χ4n) is 5.97. The Bertz CT molecular complexity index is 1770. The van der Waals surface area contributed by atoms with Crippen LogP contribution >= 0.6 is 0 Å². The van der Waals surface area contributed by atoms with Gasteiger partial charge >= 0.3 is 0 Å². The number of fused-ring (bicyclic) bond motifs is 5. The Hall–Kier alpha value is -4.44. The van der Waals surface area contributed by atoms with Gasteiger partial charge in [0.15, 0.2) is 0 Å². The Morgan fingerprint density at radius 3 is 2.05 bits per heavy atom. The number of hydrogen-bond donors (Lipinski definition) is 0. The zero-order chi connectivity index (χ0) is 25.3. The van der Waals surface area contributed by atoms with Gasteiger partial charge in [0.1, 0.15) is 0 Å². The molecule has 0 radical (unpaired) electrons. The Balaban J connectivity index is 1.55. The van der Waals surface area contributed by atoms with Crippen LogP contribution in [0.15, 0.2) is 97.5 Å². The number of pyridine rings is 2. The summed E-state index contributed by atoms with van der Waals surface area (Å²) in [5.41, 5.74) is 13.0. The van der Waals surface area contributed by atoms with Gasteiger partial charge in [-0.15, -0.1) is 0 Å². The van der Waals surface area contributed by atoms with E-state index in [9.17, 15) is 0 Å². The third kappa shape index (κ3) is 3.15. The number of aromatic nitrogens is 3. The zero-order valence-electron chi connectivity index (χ0n) is 21.5. The summed E-state index contributed by atoms with van der Waals surface area (Å²) in [7, 11) is 0. The molecule has 0 saturated carbocycles. The highest BCUT2D eigenvalue weighted by Crippen LogP contribution is 2.52. The second kappa shape index (κ2) is 7.78. The summed E-state index contributed by atoms with van der Waals surface area (Å²) in [4.78, 5) is 11.6. The molecule has 0 N–H and O–H groups in total. The minimum atomic E-state index is -0.0994. The number of hydrogen-bond acceptors (Lipinski definition) is 3. The van der Waals surface area contributed by atoms with Crippen LogP contribution in [-0.4, -0.2) is 14.5 Å². The summed E-state index contributed by atoms with van der Waals surface area (Å²) < 4.78 is 2.27. The first-order valence-electron chi connectivity index (χ1n) is 12.8. The molecule has 1 aliphatic rings. The molecule has 0 aliphatic carbocycles. The molecule has 0 bridgehead atoms. The van der Waals surface area contributed by atoms with Gasteiger partial charge in [0, 0.05) is 28.9 Å². The molecule has 7 rings (SSSR count). The summed E-state index contributed by atoms with van der Waals surface area (Å²) in [6.45, 7) is 9.04. The normalized spacial score (nSPS) is 14.1. The van der Waals surface area contributed by atoms with E-state index in [0.717, 1.165) is 33.3 Å². The topological polar surface area (TPSA) is 34.0 Å². The van der Waals surface area contributed by atoms with Crippen LogP contribution in [0.5, 0.6) is 0 Å². The van der Waals surface area contributed by atoms with E-state index >= 15 is 0 Å². The van der Waals surface area contributed by atoms with Crippen molar-refractivity contribution in [2.45, 2.75) is 33.1 Å². The fourth-order valence-corrected chi connectivity index (χ4v) is 5.97. The van der Waals surface area contributed by atoms with Crippen molar-refractivity contribution in [3.63, 3.8) is 0 Å². The molecule has 3 aromatic carbocycles. The maximum Gasteiger partial charge on any atom is 0.0963 e. The van der Waals surface area contributed by atoms with Gasteiger partial charge in [-0.05, 0) is 79.6 Å². The SMILES string of the molecule is Cc1ccc2c(c1)C(C)(C)c1cc(C)ccc1N2c1ccc2c3ncccc3n(-c3cccnc3)c2c1. The van der Waals surface area contributed by atoms with E-state index in [0.29, 0.717) is 0 Å². The van der Waals surface area contributed by atoms with Crippen LogP contribution in [0.4, 0.5) is 17.1 Å². The van der Waals surface area contributed by atoms with E-state index < -0.39 is 0 Å². The molecule has 0 atom stereocenters. The van der Waals surface area contributed by atoms with Crippen molar-refractivity contribution in [3.8, 4) is 5.69 Å². The Kier molecular flexibility index (Phi) is 4.58. The van der Waals surface area contributed by atoms with Crippen molar-refractivity contribution in [1.82, 2.24) is 14.5 Å². The third-order valence-corrected chi connectivity index (χ3v) is 7.80. The van der Waals surface area contributed by atoms with Crippen molar-refractivity contribution in [2.24, 2.45) is 0 Å². The molecule has 4 nitrogen and oxygen atoms in total. The molecule has 4 heteroatoms. The van der Waals surface area contributed by atoms with Gasteiger partial charge in [-0.25, -0.2) is 0 Å². The lowest BCUT2D eigenvalue weighted by atomic mass is 9.72. The standard InChI is InChI=1S/C33H28N4/c1-21-9-13-28-26(17-21)33(3,4)27-18-22(2)10-14-29(27)36(28)23-11-12-25-31(19-23)37(24-7-5-15-34-20-24)30-8-6-16-35-32(25)30/h5-20H,1-4H3. The van der Waals surface area contributed by atoms with E-state index in [1.807, 2.05) is 30.7 Å². The maximum atomic E-state index is 4.75. The van der Waals surface area contributed by atoms with E-state index in [-0.39, 0.29) is 5.41 Å². The number of aryl methyl sites for hydroxylation is 2. The minimum absolute atomic E-state index is 0.0994. The molecule has 0 spiro atoms. The van der Waals surface area contributed by atoms with E-state index in [4.69, 9.17) is 4.98 Å². The van der Waals surface area contributed by atoms with E-state index in [2.05, 4.69) is 109 Å². The molecule has 1 aliphatic heterocycles. The molecular formula is C33H28N4. The average Bonchev–Trinajstić information content (AvgIpc) is 3.24. The predicted molar refractivity (Wildman–Crippen MR) is 153 cm³/mol. The van der Waals surface area contributed by atoms with Crippen LogP contribution in [0, 0.1) is 13.8 Å². The zero-order valence-corrected chi connectivity index (χ0v) is 21.5. The number of benzene rings is 3. The summed E-state index contributed by atoms with van der Waals surface area (Å²) in [6.07, 6.45) is 5.60. The van der Waals surface area contributed by atoms with Crippen LogP contribution < -0.4 is 4.90 Å². The van der Waals surface area contributed by atoms with Crippen molar-refractivity contribution < 1.29 is 0 Å². The quantitative estimate of drug-likeness (QED) is 0.250. The number of anilines is 3. The first-order valence-corrected chi connectivity index (χ1v) is 12.8. The highest BCUT2D eigenvalue weighted by molar-refractivity contribution is 6.08. The average molecular weight is 481 g/mol.